The summed E-state index contributed by atoms with van der Waals surface area (Å²) in [6.45, 7) is 6.32. The van der Waals surface area contributed by atoms with Gasteiger partial charge in [0, 0.05) is 44.8 Å². The summed E-state index contributed by atoms with van der Waals surface area (Å²) in [6, 6.07) is 13.6. The van der Waals surface area contributed by atoms with Crippen LogP contribution in [0.15, 0.2) is 67.3 Å². The van der Waals surface area contributed by atoms with E-state index in [1.807, 2.05) is 18.2 Å². The Kier molecular flexibility index (Phi) is 8.95. The largest absolute Gasteiger partial charge is 0.573 e. The molecule has 2 aromatic rings. The second-order valence-electron chi connectivity index (χ2n) is 10.6. The lowest BCUT2D eigenvalue weighted by Crippen LogP contribution is -2.68. The first kappa shape index (κ1) is 29.7. The molecule has 2 aliphatic rings. The normalized spacial score (nSPS) is 25.3. The number of amides is 1. The summed E-state index contributed by atoms with van der Waals surface area (Å²) in [6.07, 6.45) is 3.12. The second kappa shape index (κ2) is 12.1. The zero-order valence-corrected chi connectivity index (χ0v) is 23.2. The van der Waals surface area contributed by atoms with E-state index in [4.69, 9.17) is 9.47 Å². The summed E-state index contributed by atoms with van der Waals surface area (Å²) in [5.74, 6) is 0.222. The number of benzene rings is 2. The van der Waals surface area contributed by atoms with Crippen LogP contribution in [0.1, 0.15) is 36.8 Å². The predicted molar refractivity (Wildman–Crippen MR) is 148 cm³/mol. The van der Waals surface area contributed by atoms with Crippen molar-refractivity contribution in [3.63, 3.8) is 0 Å². The molecule has 0 N–H and O–H groups in total. The molecule has 0 aromatic heterocycles. The van der Waals surface area contributed by atoms with Gasteiger partial charge < -0.3 is 19.1 Å². The smallest absolute Gasteiger partial charge is 0.497 e. The molecule has 1 aliphatic carbocycles. The van der Waals surface area contributed by atoms with Crippen molar-refractivity contribution >= 4 is 12.0 Å². The highest BCUT2D eigenvalue weighted by molar-refractivity contribution is 5.91. The number of rotatable bonds is 9. The third-order valence-corrected chi connectivity index (χ3v) is 8.48. The van der Waals surface area contributed by atoms with Crippen molar-refractivity contribution in [1.29, 1.82) is 0 Å². The second-order valence-corrected chi connectivity index (χ2v) is 10.6. The standard InChI is InChI=1S/C31H37F3N2O4/c1-5-17-36-18-16-29(24-9-7-10-26(20-24)38-3)21-25(14-15-30(29,22-36)39-4)35(2)28(37)13-12-23-8-6-11-27(19-23)40-31(32,33)34/h5-13,19-20,25H,1,14-18,21-22H2,2-4H3/b13-12+. The Morgan fingerprint density at radius 2 is 1.90 bits per heavy atom. The molecule has 2 fully saturated rings. The van der Waals surface area contributed by atoms with Crippen molar-refractivity contribution < 1.29 is 32.2 Å². The molecule has 1 aliphatic heterocycles. The average molecular weight is 559 g/mol. The number of hydrogen-bond acceptors (Lipinski definition) is 5. The maximum Gasteiger partial charge on any atom is 0.573 e. The topological polar surface area (TPSA) is 51.2 Å². The lowest BCUT2D eigenvalue weighted by Gasteiger charge is -2.60. The fraction of sp³-hybridized carbons (Fsp3) is 0.452. The Balaban J connectivity index is 1.59. The average Bonchev–Trinajstić information content (AvgIpc) is 2.94. The maximum atomic E-state index is 13.3. The van der Waals surface area contributed by atoms with Crippen molar-refractivity contribution in [3.8, 4) is 11.5 Å². The molecular weight excluding hydrogens is 521 g/mol. The molecule has 6 nitrogen and oxygen atoms in total. The highest BCUT2D eigenvalue weighted by Crippen LogP contribution is 2.54. The summed E-state index contributed by atoms with van der Waals surface area (Å²) in [4.78, 5) is 17.4. The van der Waals surface area contributed by atoms with Crippen LogP contribution in [-0.4, -0.2) is 74.6 Å². The number of carbonyl (C=O) groups is 1. The highest BCUT2D eigenvalue weighted by Gasteiger charge is 2.59. The van der Waals surface area contributed by atoms with Crippen molar-refractivity contribution in [2.24, 2.45) is 0 Å². The number of halogens is 3. The van der Waals surface area contributed by atoms with Crippen LogP contribution in [0.25, 0.3) is 6.08 Å². The number of carbonyl (C=O) groups excluding carboxylic acids is 1. The van der Waals surface area contributed by atoms with Crippen LogP contribution in [0.5, 0.6) is 11.5 Å². The molecule has 0 spiro atoms. The first-order valence-electron chi connectivity index (χ1n) is 13.4. The monoisotopic (exact) mass is 558 g/mol. The molecular formula is C31H37F3N2O4. The molecule has 216 valence electrons. The number of piperidine rings is 1. The van der Waals surface area contributed by atoms with Crippen molar-refractivity contribution in [2.45, 2.75) is 49.1 Å². The van der Waals surface area contributed by atoms with Crippen LogP contribution >= 0.6 is 0 Å². The third-order valence-electron chi connectivity index (χ3n) is 8.48. The van der Waals surface area contributed by atoms with Crippen LogP contribution in [0.2, 0.25) is 0 Å². The van der Waals surface area contributed by atoms with Gasteiger partial charge in [-0.15, -0.1) is 19.8 Å². The first-order chi connectivity index (χ1) is 19.0. The fourth-order valence-corrected chi connectivity index (χ4v) is 6.44. The molecule has 1 heterocycles. The molecule has 4 rings (SSSR count). The summed E-state index contributed by atoms with van der Waals surface area (Å²) in [5.41, 5.74) is 0.774. The van der Waals surface area contributed by atoms with Gasteiger partial charge in [0.1, 0.15) is 11.5 Å². The Morgan fingerprint density at radius 3 is 2.60 bits per heavy atom. The van der Waals surface area contributed by atoms with Crippen LogP contribution < -0.4 is 9.47 Å². The molecule has 0 bridgehead atoms. The molecule has 2 aromatic carbocycles. The molecule has 9 heteroatoms. The minimum atomic E-state index is -4.78. The number of ether oxygens (including phenoxy) is 3. The summed E-state index contributed by atoms with van der Waals surface area (Å²) >= 11 is 0. The zero-order valence-electron chi connectivity index (χ0n) is 23.2. The number of alkyl halides is 3. The molecule has 3 atom stereocenters. The molecule has 1 amide bonds. The van der Waals surface area contributed by atoms with Gasteiger partial charge in [-0.25, -0.2) is 0 Å². The van der Waals surface area contributed by atoms with E-state index in [-0.39, 0.29) is 23.1 Å². The lowest BCUT2D eigenvalue weighted by molar-refractivity contribution is -0.274. The minimum Gasteiger partial charge on any atom is -0.497 e. The van der Waals surface area contributed by atoms with Gasteiger partial charge in [0.15, 0.2) is 0 Å². The quantitative estimate of drug-likeness (QED) is 0.286. The molecule has 0 radical (unpaired) electrons. The third kappa shape index (κ3) is 6.20. The highest BCUT2D eigenvalue weighted by atomic mass is 19.4. The van der Waals surface area contributed by atoms with E-state index in [1.165, 1.54) is 30.4 Å². The Labute approximate surface area is 234 Å². The van der Waals surface area contributed by atoms with Crippen molar-refractivity contribution in [1.82, 2.24) is 9.80 Å². The molecule has 3 unspecified atom stereocenters. The van der Waals surface area contributed by atoms with Gasteiger partial charge >= 0.3 is 6.36 Å². The maximum absolute atomic E-state index is 13.3. The van der Waals surface area contributed by atoms with E-state index in [2.05, 4.69) is 28.3 Å². The number of methoxy groups -OCH3 is 2. The SMILES string of the molecule is C=CCN1CCC2(c3cccc(OC)c3)CC(N(C)C(=O)/C=C/c3cccc(OC(F)(F)F)c3)CCC2(OC)C1. The van der Waals surface area contributed by atoms with E-state index >= 15 is 0 Å². The molecule has 40 heavy (non-hydrogen) atoms. The Morgan fingerprint density at radius 1 is 1.15 bits per heavy atom. The van der Waals surface area contributed by atoms with Gasteiger partial charge in [-0.3, -0.25) is 9.69 Å². The molecule has 1 saturated carbocycles. The van der Waals surface area contributed by atoms with Gasteiger partial charge in [0.2, 0.25) is 5.91 Å². The van der Waals surface area contributed by atoms with E-state index in [0.717, 1.165) is 50.2 Å². The Hall–Kier alpha value is -3.30. The van der Waals surface area contributed by atoms with E-state index in [9.17, 15) is 18.0 Å². The van der Waals surface area contributed by atoms with Gasteiger partial charge in [0.25, 0.3) is 0 Å². The lowest BCUT2D eigenvalue weighted by atomic mass is 9.55. The van der Waals surface area contributed by atoms with Gasteiger partial charge in [-0.1, -0.05) is 30.3 Å². The molecule has 1 saturated heterocycles. The van der Waals surface area contributed by atoms with E-state index in [1.54, 1.807) is 32.2 Å². The van der Waals surface area contributed by atoms with Crippen LogP contribution in [0, 0.1) is 0 Å². The van der Waals surface area contributed by atoms with Gasteiger partial charge in [-0.2, -0.15) is 0 Å². The number of likely N-dealkylation sites (tertiary alicyclic amines) is 1. The van der Waals surface area contributed by atoms with E-state index in [0.29, 0.717) is 12.0 Å². The predicted octanol–water partition coefficient (Wildman–Crippen LogP) is 5.83. The summed E-state index contributed by atoms with van der Waals surface area (Å²) in [5, 5.41) is 0. The summed E-state index contributed by atoms with van der Waals surface area (Å²) < 4.78 is 53.8. The van der Waals surface area contributed by atoms with Gasteiger partial charge in [-0.05, 0) is 73.7 Å². The van der Waals surface area contributed by atoms with Crippen molar-refractivity contribution in [3.05, 3.63) is 78.4 Å². The first-order valence-corrected chi connectivity index (χ1v) is 13.4. The van der Waals surface area contributed by atoms with Gasteiger partial charge in [0.05, 0.1) is 12.7 Å². The zero-order chi connectivity index (χ0) is 29.0. The van der Waals surface area contributed by atoms with Crippen LogP contribution in [0.4, 0.5) is 13.2 Å². The number of nitrogens with zero attached hydrogens (tertiary/aromatic N) is 2. The van der Waals surface area contributed by atoms with E-state index < -0.39 is 12.0 Å². The number of likely N-dealkylation sites (N-methyl/N-ethyl adjacent to an activating group) is 1. The summed E-state index contributed by atoms with van der Waals surface area (Å²) in [7, 11) is 5.22. The minimum absolute atomic E-state index is 0.0579. The van der Waals surface area contributed by atoms with Crippen molar-refractivity contribution in [2.75, 3.05) is 40.9 Å². The number of hydrogen-bond donors (Lipinski definition) is 0. The fourth-order valence-electron chi connectivity index (χ4n) is 6.44. The Bertz CT molecular complexity index is 1230. The van der Waals surface area contributed by atoms with Crippen LogP contribution in [0.3, 0.4) is 0 Å². The number of fused-ring (bicyclic) bond motifs is 1. The van der Waals surface area contributed by atoms with Crippen LogP contribution in [-0.2, 0) is 14.9 Å².